The third-order valence-electron chi connectivity index (χ3n) is 6.02. The number of rotatable bonds is 7. The topological polar surface area (TPSA) is 88.1 Å². The van der Waals surface area contributed by atoms with Crippen molar-refractivity contribution in [2.24, 2.45) is 11.8 Å². The summed E-state index contributed by atoms with van der Waals surface area (Å²) in [7, 11) is 0. The number of carbonyl (C=O) groups is 3. The summed E-state index contributed by atoms with van der Waals surface area (Å²) in [6.07, 6.45) is 4.97. The van der Waals surface area contributed by atoms with Gasteiger partial charge in [0, 0.05) is 38.7 Å². The predicted octanol–water partition coefficient (Wildman–Crippen LogP) is 4.93. The first-order valence-corrected chi connectivity index (χ1v) is 11.3. The summed E-state index contributed by atoms with van der Waals surface area (Å²) in [5, 5.41) is 0. The van der Waals surface area contributed by atoms with E-state index in [-0.39, 0.29) is 18.3 Å². The maximum Gasteiger partial charge on any atom is 0.305 e. The minimum atomic E-state index is -0.800. The van der Waals surface area contributed by atoms with Crippen molar-refractivity contribution in [1.82, 2.24) is 0 Å². The van der Waals surface area contributed by atoms with Crippen LogP contribution in [0.3, 0.4) is 0 Å². The lowest BCUT2D eigenvalue weighted by Crippen LogP contribution is -2.42. The van der Waals surface area contributed by atoms with Gasteiger partial charge in [0.1, 0.15) is 12.2 Å². The van der Waals surface area contributed by atoms with Gasteiger partial charge < -0.3 is 18.9 Å². The molecule has 0 aromatic heterocycles. The molecule has 1 aliphatic heterocycles. The predicted molar refractivity (Wildman–Crippen MR) is 124 cm³/mol. The molecule has 0 radical (unpaired) electrons. The van der Waals surface area contributed by atoms with Crippen molar-refractivity contribution >= 4 is 17.9 Å². The Balaban J connectivity index is 2.49. The van der Waals surface area contributed by atoms with E-state index in [4.69, 9.17) is 18.9 Å². The first-order valence-electron chi connectivity index (χ1n) is 11.3. The normalized spacial score (nSPS) is 24.8. The van der Waals surface area contributed by atoms with Gasteiger partial charge in [-0.15, -0.1) is 0 Å². The average molecular weight is 461 g/mol. The standard InChI is InChI=1S/C26H36O7/c1-15(2)23(31-18(5)27)13-24(32-19(6)28)22-14-30-26(33-20(7)29)25-17(4)10-8-9-16(3)11-12-21(22)25/h9,14,21,23-26H,1,4,8,10-13H2,2-3,5-7H3/t21-,23?,24?,25+,26-/m1/s1. The van der Waals surface area contributed by atoms with Crippen molar-refractivity contribution in [3.05, 3.63) is 47.8 Å². The third kappa shape index (κ3) is 7.62. The molecule has 0 aromatic carbocycles. The number of allylic oxidation sites excluding steroid dienone is 2. The summed E-state index contributed by atoms with van der Waals surface area (Å²) >= 11 is 0. The van der Waals surface area contributed by atoms with Crippen molar-refractivity contribution in [2.75, 3.05) is 0 Å². The molecule has 0 saturated heterocycles. The zero-order chi connectivity index (χ0) is 24.7. The number of ether oxygens (including phenoxy) is 4. The van der Waals surface area contributed by atoms with E-state index in [1.54, 1.807) is 6.92 Å². The molecule has 0 N–H and O–H groups in total. The van der Waals surface area contributed by atoms with Gasteiger partial charge in [-0.25, -0.2) is 0 Å². The summed E-state index contributed by atoms with van der Waals surface area (Å²) in [6, 6.07) is 0. The Morgan fingerprint density at radius 1 is 1.09 bits per heavy atom. The molecular formula is C26H36O7. The summed E-state index contributed by atoms with van der Waals surface area (Å²) in [4.78, 5) is 35.4. The lowest BCUT2D eigenvalue weighted by Gasteiger charge is -2.41. The van der Waals surface area contributed by atoms with Crippen LogP contribution in [0, 0.1) is 11.8 Å². The molecule has 2 rings (SSSR count). The van der Waals surface area contributed by atoms with Gasteiger partial charge in [-0.3, -0.25) is 14.4 Å². The van der Waals surface area contributed by atoms with Gasteiger partial charge in [-0.05, 0) is 45.1 Å². The quantitative estimate of drug-likeness (QED) is 0.302. The second-order valence-corrected chi connectivity index (χ2v) is 8.93. The van der Waals surface area contributed by atoms with E-state index in [9.17, 15) is 14.4 Å². The van der Waals surface area contributed by atoms with Crippen molar-refractivity contribution in [2.45, 2.75) is 85.2 Å². The average Bonchev–Trinajstić information content (AvgIpc) is 2.76. The smallest absolute Gasteiger partial charge is 0.305 e. The number of hydrogen-bond donors (Lipinski definition) is 0. The summed E-state index contributed by atoms with van der Waals surface area (Å²) in [5.41, 5.74) is 3.59. The van der Waals surface area contributed by atoms with E-state index >= 15 is 0 Å². The molecule has 182 valence electrons. The highest BCUT2D eigenvalue weighted by Crippen LogP contribution is 2.44. The molecule has 2 unspecified atom stereocenters. The Labute approximate surface area is 196 Å². The highest BCUT2D eigenvalue weighted by molar-refractivity contribution is 5.67. The highest BCUT2D eigenvalue weighted by atomic mass is 16.7. The maximum atomic E-state index is 12.0. The van der Waals surface area contributed by atoms with E-state index in [2.05, 4.69) is 26.2 Å². The van der Waals surface area contributed by atoms with Crippen LogP contribution in [0.2, 0.25) is 0 Å². The molecular weight excluding hydrogens is 424 g/mol. The minimum Gasteiger partial charge on any atom is -0.462 e. The highest BCUT2D eigenvalue weighted by Gasteiger charge is 2.43. The monoisotopic (exact) mass is 460 g/mol. The van der Waals surface area contributed by atoms with Crippen LogP contribution < -0.4 is 0 Å². The molecule has 1 heterocycles. The first-order chi connectivity index (χ1) is 15.5. The largest absolute Gasteiger partial charge is 0.462 e. The Bertz CT molecular complexity index is 851. The lowest BCUT2D eigenvalue weighted by atomic mass is 9.74. The Morgan fingerprint density at radius 3 is 2.33 bits per heavy atom. The van der Waals surface area contributed by atoms with Crippen molar-refractivity contribution in [3.63, 3.8) is 0 Å². The second kappa shape index (κ2) is 11.9. The Hall–Kier alpha value is -2.83. The van der Waals surface area contributed by atoms with Crippen LogP contribution in [0.5, 0.6) is 0 Å². The number of hydrogen-bond acceptors (Lipinski definition) is 7. The third-order valence-corrected chi connectivity index (χ3v) is 6.02. The lowest BCUT2D eigenvalue weighted by molar-refractivity contribution is -0.181. The zero-order valence-electron chi connectivity index (χ0n) is 20.3. The van der Waals surface area contributed by atoms with Gasteiger partial charge in [-0.1, -0.05) is 30.4 Å². The molecule has 7 heteroatoms. The number of esters is 3. The summed E-state index contributed by atoms with van der Waals surface area (Å²) < 4.78 is 22.5. The van der Waals surface area contributed by atoms with E-state index in [1.807, 2.05) is 0 Å². The maximum absolute atomic E-state index is 12.0. The molecule has 0 saturated carbocycles. The van der Waals surface area contributed by atoms with Crippen LogP contribution in [-0.2, 0) is 33.3 Å². The molecule has 2 aliphatic rings. The SMILES string of the molecule is C=C(C)C(CC(OC(C)=O)C1=CO[C@H](OC(C)=O)[C@H]2C(=C)CCC=C(C)CC[C@H]12)OC(C)=O. The first kappa shape index (κ1) is 26.4. The number of fused-ring (bicyclic) bond motifs is 1. The zero-order valence-corrected chi connectivity index (χ0v) is 20.3. The van der Waals surface area contributed by atoms with Crippen LogP contribution in [0.15, 0.2) is 47.8 Å². The molecule has 0 fully saturated rings. The van der Waals surface area contributed by atoms with E-state index < -0.39 is 36.4 Å². The fourth-order valence-corrected chi connectivity index (χ4v) is 4.47. The molecule has 0 amide bonds. The minimum absolute atomic E-state index is 0.135. The van der Waals surface area contributed by atoms with Gasteiger partial charge in [0.15, 0.2) is 0 Å². The Kier molecular flexibility index (Phi) is 9.50. The van der Waals surface area contributed by atoms with Crippen molar-refractivity contribution in [1.29, 1.82) is 0 Å². The van der Waals surface area contributed by atoms with Crippen LogP contribution in [0.1, 0.15) is 66.7 Å². The van der Waals surface area contributed by atoms with Crippen molar-refractivity contribution < 1.29 is 33.3 Å². The molecule has 0 bridgehead atoms. The van der Waals surface area contributed by atoms with Crippen LogP contribution >= 0.6 is 0 Å². The van der Waals surface area contributed by atoms with Gasteiger partial charge in [-0.2, -0.15) is 0 Å². The summed E-state index contributed by atoms with van der Waals surface area (Å²) in [5.74, 6) is -1.76. The molecule has 0 spiro atoms. The van der Waals surface area contributed by atoms with Gasteiger partial charge in [0.2, 0.25) is 6.29 Å². The molecule has 7 nitrogen and oxygen atoms in total. The van der Waals surface area contributed by atoms with E-state index in [0.717, 1.165) is 36.8 Å². The van der Waals surface area contributed by atoms with Gasteiger partial charge >= 0.3 is 17.9 Å². The molecule has 5 atom stereocenters. The summed E-state index contributed by atoms with van der Waals surface area (Å²) in [6.45, 7) is 16.1. The van der Waals surface area contributed by atoms with Gasteiger partial charge in [0.25, 0.3) is 0 Å². The van der Waals surface area contributed by atoms with Crippen LogP contribution in [0.4, 0.5) is 0 Å². The van der Waals surface area contributed by atoms with E-state index in [0.29, 0.717) is 5.57 Å². The number of carbonyl (C=O) groups excluding carboxylic acids is 3. The molecule has 0 aromatic rings. The van der Waals surface area contributed by atoms with Gasteiger partial charge in [0.05, 0.1) is 12.2 Å². The molecule has 1 aliphatic carbocycles. The second-order valence-electron chi connectivity index (χ2n) is 8.93. The molecule has 33 heavy (non-hydrogen) atoms. The van der Waals surface area contributed by atoms with E-state index in [1.165, 1.54) is 32.6 Å². The fourth-order valence-electron chi connectivity index (χ4n) is 4.47. The Morgan fingerprint density at radius 2 is 1.76 bits per heavy atom. The van der Waals surface area contributed by atoms with Crippen LogP contribution in [-0.4, -0.2) is 36.4 Å². The van der Waals surface area contributed by atoms with Crippen molar-refractivity contribution in [3.8, 4) is 0 Å². The fraction of sp³-hybridized carbons (Fsp3) is 0.577. The van der Waals surface area contributed by atoms with Crippen LogP contribution in [0.25, 0.3) is 0 Å².